The molecule has 0 bridgehead atoms. The van der Waals surface area contributed by atoms with Gasteiger partial charge in [-0.15, -0.1) is 0 Å². The standard InChI is InChI=1S/C17H13ClF4N2O6.C4H8O3/c1-23-13(17(20,21)22)4-14(25)24(16(23)27)12-2-9(10(18)3-11(12)19)15(26)30-8-5-28-7-29-6-8;5-4-1-6-3-7-2-4/h2-4,8H,5-7H2,1H3;4-5H,1-3H2. The van der Waals surface area contributed by atoms with Gasteiger partial charge in [0.1, 0.15) is 37.3 Å². The van der Waals surface area contributed by atoms with Crippen molar-refractivity contribution in [1.29, 1.82) is 0 Å². The fourth-order valence-electron chi connectivity index (χ4n) is 3.21. The molecule has 4 rings (SSSR count). The largest absolute Gasteiger partial charge is 0.454 e. The van der Waals surface area contributed by atoms with Crippen molar-refractivity contribution in [2.45, 2.75) is 18.4 Å². The van der Waals surface area contributed by atoms with E-state index in [1.807, 2.05) is 0 Å². The van der Waals surface area contributed by atoms with E-state index in [4.69, 9.17) is 40.4 Å². The molecule has 2 aromatic rings. The van der Waals surface area contributed by atoms with E-state index in [1.54, 1.807) is 0 Å². The molecule has 11 nitrogen and oxygen atoms in total. The van der Waals surface area contributed by atoms with Crippen LogP contribution >= 0.6 is 11.6 Å². The van der Waals surface area contributed by atoms with Crippen LogP contribution in [0.3, 0.4) is 0 Å². The third-order valence-electron chi connectivity index (χ3n) is 4.94. The maximum atomic E-state index is 14.5. The maximum Gasteiger partial charge on any atom is 0.431 e. The smallest absolute Gasteiger partial charge is 0.431 e. The summed E-state index contributed by atoms with van der Waals surface area (Å²) < 4.78 is 78.2. The first kappa shape index (κ1) is 28.7. The molecule has 1 aromatic carbocycles. The van der Waals surface area contributed by atoms with E-state index in [-0.39, 0.29) is 35.2 Å². The number of aliphatic hydroxyl groups is 1. The van der Waals surface area contributed by atoms with Gasteiger partial charge >= 0.3 is 17.8 Å². The Labute approximate surface area is 210 Å². The number of hydrogen-bond acceptors (Lipinski definition) is 9. The molecule has 0 spiro atoms. The lowest BCUT2D eigenvalue weighted by molar-refractivity contribution is -0.153. The number of hydrogen-bond donors (Lipinski definition) is 1. The zero-order chi connectivity index (χ0) is 27.3. The fraction of sp³-hybridized carbons (Fsp3) is 0.476. The summed E-state index contributed by atoms with van der Waals surface area (Å²) in [5.41, 5.74) is -5.60. The normalized spacial score (nSPS) is 17.2. The molecule has 2 aliphatic rings. The second-order valence-electron chi connectivity index (χ2n) is 7.73. The monoisotopic (exact) mass is 556 g/mol. The van der Waals surface area contributed by atoms with Crippen molar-refractivity contribution in [2.24, 2.45) is 7.05 Å². The zero-order valence-corrected chi connectivity index (χ0v) is 19.9. The highest BCUT2D eigenvalue weighted by Gasteiger charge is 2.35. The van der Waals surface area contributed by atoms with Crippen LogP contribution in [0, 0.1) is 5.82 Å². The number of aromatic nitrogens is 2. The minimum atomic E-state index is -4.98. The Morgan fingerprint density at radius 1 is 1.05 bits per heavy atom. The molecule has 16 heteroatoms. The summed E-state index contributed by atoms with van der Waals surface area (Å²) in [4.78, 5) is 37.0. The molecule has 0 radical (unpaired) electrons. The van der Waals surface area contributed by atoms with Gasteiger partial charge in [0.2, 0.25) is 0 Å². The van der Waals surface area contributed by atoms with Crippen LogP contribution in [-0.4, -0.2) is 72.4 Å². The molecule has 2 saturated heterocycles. The lowest BCUT2D eigenvalue weighted by Crippen LogP contribution is -2.41. The van der Waals surface area contributed by atoms with Crippen LogP contribution in [0.4, 0.5) is 17.6 Å². The van der Waals surface area contributed by atoms with Gasteiger partial charge in [0.15, 0.2) is 0 Å². The Morgan fingerprint density at radius 3 is 2.14 bits per heavy atom. The summed E-state index contributed by atoms with van der Waals surface area (Å²) in [6, 6.07) is 1.54. The predicted molar refractivity (Wildman–Crippen MR) is 116 cm³/mol. The first-order valence-corrected chi connectivity index (χ1v) is 10.9. The molecular formula is C21H21ClF4N2O9. The van der Waals surface area contributed by atoms with Crippen LogP contribution in [0.25, 0.3) is 5.69 Å². The molecule has 1 aromatic heterocycles. The van der Waals surface area contributed by atoms with Crippen molar-refractivity contribution in [2.75, 3.05) is 40.0 Å². The summed E-state index contributed by atoms with van der Waals surface area (Å²) in [6.45, 7) is 1.26. The summed E-state index contributed by atoms with van der Waals surface area (Å²) >= 11 is 5.87. The highest BCUT2D eigenvalue weighted by Crippen LogP contribution is 2.28. The van der Waals surface area contributed by atoms with Gasteiger partial charge in [0.25, 0.3) is 5.56 Å². The lowest BCUT2D eigenvalue weighted by Gasteiger charge is -2.22. The Kier molecular flexibility index (Phi) is 9.44. The molecule has 0 aliphatic carbocycles. The fourth-order valence-corrected chi connectivity index (χ4v) is 3.44. The van der Waals surface area contributed by atoms with Crippen LogP contribution in [0.1, 0.15) is 16.1 Å². The number of nitrogens with zero attached hydrogens (tertiary/aromatic N) is 2. The highest BCUT2D eigenvalue weighted by atomic mass is 35.5. The molecule has 0 unspecified atom stereocenters. The molecule has 1 N–H and O–H groups in total. The van der Waals surface area contributed by atoms with Crippen molar-refractivity contribution in [3.8, 4) is 5.69 Å². The van der Waals surface area contributed by atoms with E-state index in [9.17, 15) is 31.9 Å². The van der Waals surface area contributed by atoms with E-state index in [2.05, 4.69) is 0 Å². The van der Waals surface area contributed by atoms with Crippen LogP contribution < -0.4 is 11.2 Å². The van der Waals surface area contributed by atoms with Crippen molar-refractivity contribution in [3.63, 3.8) is 0 Å². The zero-order valence-electron chi connectivity index (χ0n) is 19.1. The Balaban J connectivity index is 0.000000468. The lowest BCUT2D eigenvalue weighted by atomic mass is 10.2. The number of aliphatic hydroxyl groups excluding tert-OH is 1. The van der Waals surface area contributed by atoms with Crippen LogP contribution in [-0.2, 0) is 36.9 Å². The average Bonchev–Trinajstić information content (AvgIpc) is 2.83. The minimum absolute atomic E-state index is 0.0234. The third kappa shape index (κ3) is 7.15. The van der Waals surface area contributed by atoms with Gasteiger partial charge in [-0.25, -0.2) is 18.5 Å². The third-order valence-corrected chi connectivity index (χ3v) is 5.26. The van der Waals surface area contributed by atoms with Crippen LogP contribution in [0.2, 0.25) is 5.02 Å². The molecule has 2 fully saturated rings. The van der Waals surface area contributed by atoms with E-state index in [0.29, 0.717) is 26.1 Å². The Bertz CT molecular complexity index is 1240. The SMILES string of the molecule is Cn1c(C(F)(F)F)cc(=O)n(-c2cc(C(=O)OC3COCOC3)c(Cl)cc2F)c1=O.OC1COCOC1. The van der Waals surface area contributed by atoms with Gasteiger partial charge in [-0.1, -0.05) is 11.6 Å². The first-order chi connectivity index (χ1) is 17.4. The van der Waals surface area contributed by atoms with Crippen LogP contribution in [0.15, 0.2) is 27.8 Å². The number of carbonyl (C=O) groups excluding carboxylic acids is 1. The Morgan fingerprint density at radius 2 is 1.62 bits per heavy atom. The van der Waals surface area contributed by atoms with Gasteiger partial charge in [-0.05, 0) is 12.1 Å². The van der Waals surface area contributed by atoms with E-state index in [0.717, 1.165) is 13.1 Å². The second kappa shape index (κ2) is 12.1. The second-order valence-corrected chi connectivity index (χ2v) is 8.13. The van der Waals surface area contributed by atoms with Crippen molar-refractivity contribution >= 4 is 17.6 Å². The summed E-state index contributed by atoms with van der Waals surface area (Å²) in [7, 11) is 0.771. The van der Waals surface area contributed by atoms with Gasteiger partial charge in [-0.2, -0.15) is 13.2 Å². The quantitative estimate of drug-likeness (QED) is 0.438. The number of rotatable bonds is 3. The molecule has 0 atom stereocenters. The topological polar surface area (TPSA) is 127 Å². The van der Waals surface area contributed by atoms with E-state index >= 15 is 0 Å². The van der Waals surface area contributed by atoms with Gasteiger partial charge < -0.3 is 28.8 Å². The summed E-state index contributed by atoms with van der Waals surface area (Å²) in [6.07, 6.45) is -6.17. The molecular weight excluding hydrogens is 536 g/mol. The van der Waals surface area contributed by atoms with Crippen molar-refractivity contribution in [3.05, 3.63) is 61.1 Å². The number of benzene rings is 1. The first-order valence-electron chi connectivity index (χ1n) is 10.5. The molecule has 3 heterocycles. The number of carbonyl (C=O) groups is 1. The molecule has 37 heavy (non-hydrogen) atoms. The molecule has 0 saturated carbocycles. The summed E-state index contributed by atoms with van der Waals surface area (Å²) in [5, 5.41) is 8.27. The number of ether oxygens (including phenoxy) is 5. The summed E-state index contributed by atoms with van der Waals surface area (Å²) in [5.74, 6) is -2.24. The van der Waals surface area contributed by atoms with Gasteiger partial charge in [0, 0.05) is 13.1 Å². The Hall–Kier alpha value is -2.82. The molecule has 204 valence electrons. The number of halogens is 5. The predicted octanol–water partition coefficient (Wildman–Crippen LogP) is 1.23. The average molecular weight is 557 g/mol. The highest BCUT2D eigenvalue weighted by molar-refractivity contribution is 6.33. The number of alkyl halides is 3. The van der Waals surface area contributed by atoms with Gasteiger partial charge in [0.05, 0.1) is 42.7 Å². The molecule has 2 aliphatic heterocycles. The molecule has 0 amide bonds. The van der Waals surface area contributed by atoms with E-state index < -0.39 is 63.4 Å². The van der Waals surface area contributed by atoms with Crippen molar-refractivity contribution < 1.29 is 51.1 Å². The van der Waals surface area contributed by atoms with Crippen molar-refractivity contribution in [1.82, 2.24) is 9.13 Å². The van der Waals surface area contributed by atoms with Crippen LogP contribution in [0.5, 0.6) is 0 Å². The van der Waals surface area contributed by atoms with Gasteiger partial charge in [-0.3, -0.25) is 9.36 Å². The number of esters is 1. The van der Waals surface area contributed by atoms with E-state index in [1.165, 1.54) is 0 Å². The maximum absolute atomic E-state index is 14.5. The minimum Gasteiger partial charge on any atom is -0.454 e.